The number of hydrogen-bond donors (Lipinski definition) is 1. The number of carbonyl (C=O) groups excluding carboxylic acids is 1. The van der Waals surface area contributed by atoms with Crippen molar-refractivity contribution in [1.82, 2.24) is 19.9 Å². The number of hydrogen-bond acceptors (Lipinski definition) is 12. The van der Waals surface area contributed by atoms with E-state index in [4.69, 9.17) is 15.9 Å². The van der Waals surface area contributed by atoms with Crippen molar-refractivity contribution in [3.05, 3.63) is 119 Å². The number of nitrogens with zero attached hydrogens (tertiary/aromatic N) is 6. The van der Waals surface area contributed by atoms with Gasteiger partial charge in [0.15, 0.2) is 0 Å². The Balaban J connectivity index is 0.000000357. The molecule has 6 heterocycles. The van der Waals surface area contributed by atoms with Crippen molar-refractivity contribution in [3.63, 3.8) is 0 Å². The quantitative estimate of drug-likeness (QED) is 0.0293. The van der Waals surface area contributed by atoms with Gasteiger partial charge in [0.2, 0.25) is 0 Å². The van der Waals surface area contributed by atoms with E-state index in [-0.39, 0.29) is 25.0 Å². The minimum Gasteiger partial charge on any atom is -0.753 e. The molecule has 0 amide bonds. The van der Waals surface area contributed by atoms with E-state index in [1.165, 1.54) is 108 Å². The van der Waals surface area contributed by atoms with Crippen LogP contribution in [0.15, 0.2) is 102 Å². The van der Waals surface area contributed by atoms with Crippen LogP contribution in [0.1, 0.15) is 47.8 Å². The van der Waals surface area contributed by atoms with Gasteiger partial charge in [-0.25, -0.2) is 4.79 Å². The predicted octanol–water partition coefficient (Wildman–Crippen LogP) is 11.3. The number of unbranched alkanes of at least 4 members (excludes halogenated alkanes) is 3. The molecule has 6 aromatic heterocycles. The number of aromatic nitrogens is 4. The first-order valence-corrected chi connectivity index (χ1v) is 19.7. The molecule has 6 aromatic rings. The van der Waals surface area contributed by atoms with Gasteiger partial charge in [-0.2, -0.15) is 10.3 Å². The molecule has 0 aliphatic heterocycles. The monoisotopic (exact) mass is 912 g/mol. The van der Waals surface area contributed by atoms with Crippen LogP contribution in [0.5, 0.6) is 5.75 Å². The first-order valence-electron chi connectivity index (χ1n) is 16.3. The summed E-state index contributed by atoms with van der Waals surface area (Å²) in [5, 5.41) is 25.8. The molecule has 0 spiro atoms. The Bertz CT molecular complexity index is 2170. The van der Waals surface area contributed by atoms with Crippen LogP contribution in [0.25, 0.3) is 54.5 Å². The summed E-state index contributed by atoms with van der Waals surface area (Å²) < 4.78 is 6.08. The second kappa shape index (κ2) is 26.3. The zero-order valence-corrected chi connectivity index (χ0v) is 35.4. The van der Waals surface area contributed by atoms with Crippen LogP contribution in [-0.2, 0) is 24.3 Å². The van der Waals surface area contributed by atoms with Crippen LogP contribution in [0.3, 0.4) is 0 Å². The van der Waals surface area contributed by atoms with E-state index in [2.05, 4.69) is 111 Å². The standard InChI is InChI=1S/C25H26N2S3.C12H8N2O4.2CNS.Ru/c1-3-4-5-6-15-28-25-10-9-24(30-25)20-12-14-27-22(17-20)21-16-19(11-13-26-21)23-8-7-18(2)29-23;15-7-18-9-2-4-14-11(6-9)10-5-8(12(16)17)1-3-13-10;2*2-1-3;/h7-14,16-17H,3-6,15H2,1-2H3;1-7H,(H,16,17);;;/q;;2*-1;+2. The van der Waals surface area contributed by atoms with E-state index < -0.39 is 5.97 Å². The minimum absolute atomic E-state index is 0. The van der Waals surface area contributed by atoms with E-state index in [9.17, 15) is 9.59 Å². The zero-order chi connectivity index (χ0) is 39.1. The van der Waals surface area contributed by atoms with Crippen molar-refractivity contribution >= 4 is 81.6 Å². The van der Waals surface area contributed by atoms with Crippen molar-refractivity contribution < 1.29 is 38.9 Å². The van der Waals surface area contributed by atoms with Gasteiger partial charge >= 0.3 is 25.4 Å². The topological polar surface area (TPSA) is 160 Å². The average Bonchev–Trinajstić information content (AvgIpc) is 3.85. The molecule has 0 unspecified atom stereocenters. The van der Waals surface area contributed by atoms with E-state index in [1.807, 2.05) is 46.8 Å². The number of thiocarbonyl (C=S) groups is 2. The molecule has 0 aromatic carbocycles. The van der Waals surface area contributed by atoms with Gasteiger partial charge in [-0.05, 0) is 97.0 Å². The van der Waals surface area contributed by atoms with Gasteiger partial charge in [0.1, 0.15) is 5.75 Å². The number of aryl methyl sites for hydroxylation is 1. The second-order valence-electron chi connectivity index (χ2n) is 10.8. The summed E-state index contributed by atoms with van der Waals surface area (Å²) in [6.07, 6.45) is 11.9. The van der Waals surface area contributed by atoms with E-state index >= 15 is 0 Å². The molecule has 0 saturated carbocycles. The van der Waals surface area contributed by atoms with Gasteiger partial charge in [0, 0.05) is 45.5 Å². The molecule has 10 nitrogen and oxygen atoms in total. The molecule has 0 aliphatic rings. The van der Waals surface area contributed by atoms with Crippen molar-refractivity contribution in [3.8, 4) is 49.4 Å². The van der Waals surface area contributed by atoms with Crippen molar-refractivity contribution in [2.24, 2.45) is 0 Å². The molecule has 0 fully saturated rings. The smallest absolute Gasteiger partial charge is 0.753 e. The number of carboxylic acids is 1. The van der Waals surface area contributed by atoms with Crippen LogP contribution in [0, 0.1) is 6.92 Å². The third-order valence-corrected chi connectivity index (χ3v) is 10.6. The fourth-order valence-corrected chi connectivity index (χ4v) is 7.74. The van der Waals surface area contributed by atoms with Gasteiger partial charge < -0.3 is 20.7 Å². The number of aromatic carboxylic acids is 1. The van der Waals surface area contributed by atoms with Crippen LogP contribution < -0.4 is 4.74 Å². The Labute approximate surface area is 355 Å². The number of carboxylic acid groups (broad SMARTS) is 1. The van der Waals surface area contributed by atoms with Crippen LogP contribution in [0.4, 0.5) is 0 Å². The molecule has 16 heteroatoms. The fraction of sp³-hybridized carbons (Fsp3) is 0.179. The molecule has 1 N–H and O–H groups in total. The van der Waals surface area contributed by atoms with Crippen LogP contribution in [0.2, 0.25) is 0 Å². The summed E-state index contributed by atoms with van der Waals surface area (Å²) in [6.45, 7) is 4.71. The van der Waals surface area contributed by atoms with Gasteiger partial charge in [-0.3, -0.25) is 24.7 Å². The van der Waals surface area contributed by atoms with Crippen molar-refractivity contribution in [2.45, 2.75) is 43.7 Å². The summed E-state index contributed by atoms with van der Waals surface area (Å²) in [7, 11) is 0. The Morgan fingerprint density at radius 2 is 1.31 bits per heavy atom. The normalized spacial score (nSPS) is 9.56. The van der Waals surface area contributed by atoms with Gasteiger partial charge in [0.05, 0.1) is 32.5 Å². The van der Waals surface area contributed by atoms with E-state index in [0.717, 1.165) is 11.4 Å². The molecule has 6 rings (SSSR count). The number of rotatable bonds is 13. The van der Waals surface area contributed by atoms with Crippen LogP contribution >= 0.6 is 58.9 Å². The molecule has 0 atom stereocenters. The molecule has 282 valence electrons. The Kier molecular flexibility index (Phi) is 22.3. The van der Waals surface area contributed by atoms with Crippen molar-refractivity contribution in [1.29, 1.82) is 0 Å². The first kappa shape index (κ1) is 46.7. The summed E-state index contributed by atoms with van der Waals surface area (Å²) in [6, 6.07) is 23.1. The molecule has 0 saturated heterocycles. The molecule has 55 heavy (non-hydrogen) atoms. The summed E-state index contributed by atoms with van der Waals surface area (Å²) in [4.78, 5) is 42.2. The van der Waals surface area contributed by atoms with Gasteiger partial charge in [0.25, 0.3) is 6.47 Å². The first-order chi connectivity index (χ1) is 26.3. The third-order valence-electron chi connectivity index (χ3n) is 7.10. The zero-order valence-electron chi connectivity index (χ0n) is 29.6. The number of pyridine rings is 4. The maximum Gasteiger partial charge on any atom is 2.00 e. The van der Waals surface area contributed by atoms with Gasteiger partial charge in [-0.1, -0.05) is 50.6 Å². The molecular formula is C39H34N6O4RuS5. The fourth-order valence-electron chi connectivity index (χ4n) is 4.68. The Morgan fingerprint density at radius 3 is 1.85 bits per heavy atom. The van der Waals surface area contributed by atoms with Crippen molar-refractivity contribution in [2.75, 3.05) is 5.75 Å². The second-order valence-corrected chi connectivity index (χ2v) is 14.9. The summed E-state index contributed by atoms with van der Waals surface area (Å²) >= 11 is 13.1. The number of carbonyl (C=O) groups is 2. The predicted molar refractivity (Wildman–Crippen MR) is 227 cm³/mol. The largest absolute Gasteiger partial charge is 2.00 e. The maximum absolute atomic E-state index is 10.8. The summed E-state index contributed by atoms with van der Waals surface area (Å²) in [5.74, 6) is 0.483. The number of ether oxygens (including phenoxy) is 1. The number of thiophene rings is 2. The number of isothiocyanates is 2. The van der Waals surface area contributed by atoms with Gasteiger partial charge in [-0.15, -0.1) is 34.4 Å². The average molecular weight is 912 g/mol. The molecular weight excluding hydrogens is 878 g/mol. The Hall–Kier alpha value is -4.49. The minimum atomic E-state index is -1.04. The maximum atomic E-state index is 10.8. The molecule has 0 bridgehead atoms. The Morgan fingerprint density at radius 1 is 0.782 bits per heavy atom. The SMILES string of the molecule is CCCCCCSc1ccc(-c2ccnc(-c3cc(-c4ccc(C)s4)ccn3)c2)s1.O=COc1ccnc(-c2cc(C(=O)O)ccn2)c1.[N-]=C=S.[N-]=C=S.[Ru+2]. The third kappa shape index (κ3) is 16.0. The van der Waals surface area contributed by atoms with Crippen LogP contribution in [-0.4, -0.2) is 53.6 Å². The molecule has 0 aliphatic carbocycles. The summed E-state index contributed by atoms with van der Waals surface area (Å²) in [5.41, 5.74) is 5.18. The number of thioether (sulfide) groups is 1. The molecule has 0 radical (unpaired) electrons. The van der Waals surface area contributed by atoms with E-state index in [1.54, 1.807) is 0 Å². The van der Waals surface area contributed by atoms with E-state index in [0.29, 0.717) is 23.6 Å².